The Kier molecular flexibility index (Phi) is 5.74. The number of nitrogens with zero attached hydrogens (tertiary/aromatic N) is 1. The minimum Gasteiger partial charge on any atom is -0.443 e. The van der Waals surface area contributed by atoms with Crippen LogP contribution in [0.1, 0.15) is 31.9 Å². The van der Waals surface area contributed by atoms with Gasteiger partial charge in [0.15, 0.2) is 25.5 Å². The molecule has 126 valence electrons. The molecule has 1 amide bonds. The molecule has 4 heteroatoms. The molecule has 24 heavy (non-hydrogen) atoms. The van der Waals surface area contributed by atoms with Crippen LogP contribution >= 0.6 is 0 Å². The van der Waals surface area contributed by atoms with E-state index >= 15 is 0 Å². The summed E-state index contributed by atoms with van der Waals surface area (Å²) in [6.07, 6.45) is 3.46. The number of hydrogen-bond donors (Lipinski definition) is 1. The van der Waals surface area contributed by atoms with Crippen LogP contribution in [0, 0.1) is 0 Å². The second kappa shape index (κ2) is 7.77. The molecule has 0 aliphatic heterocycles. The monoisotopic (exact) mass is 325 g/mol. The Balaban J connectivity index is 1.92. The summed E-state index contributed by atoms with van der Waals surface area (Å²) in [5.74, 6) is 0. The first-order chi connectivity index (χ1) is 11.4. The summed E-state index contributed by atoms with van der Waals surface area (Å²) in [6.45, 7) is 10.8. The van der Waals surface area contributed by atoms with Gasteiger partial charge in [-0.15, -0.1) is 0 Å². The van der Waals surface area contributed by atoms with Gasteiger partial charge >= 0.3 is 6.09 Å². The van der Waals surface area contributed by atoms with Crippen molar-refractivity contribution in [2.75, 3.05) is 6.61 Å². The zero-order valence-corrected chi connectivity index (χ0v) is 14.6. The van der Waals surface area contributed by atoms with Gasteiger partial charge in [0, 0.05) is 12.1 Å². The van der Waals surface area contributed by atoms with Crippen LogP contribution in [0.5, 0.6) is 0 Å². The van der Waals surface area contributed by atoms with Gasteiger partial charge in [0.25, 0.3) is 0 Å². The van der Waals surface area contributed by atoms with Gasteiger partial charge in [0.05, 0.1) is 5.54 Å². The van der Waals surface area contributed by atoms with Gasteiger partial charge in [0.1, 0.15) is 0 Å². The Labute approximate surface area is 143 Å². The number of amides is 1. The van der Waals surface area contributed by atoms with Crippen molar-refractivity contribution >= 4 is 11.7 Å². The zero-order chi connectivity index (χ0) is 17.6. The lowest BCUT2D eigenvalue weighted by atomic mass is 9.92. The van der Waals surface area contributed by atoms with Crippen molar-refractivity contribution in [3.8, 4) is 0 Å². The van der Waals surface area contributed by atoms with Crippen LogP contribution in [0.4, 0.5) is 4.79 Å². The number of benzene rings is 1. The maximum absolute atomic E-state index is 12.1. The first-order valence-electron chi connectivity index (χ1n) is 8.04. The number of ether oxygens (including phenoxy) is 1. The normalized spacial score (nSPS) is 11.0. The molecular weight excluding hydrogens is 300 g/mol. The van der Waals surface area contributed by atoms with Gasteiger partial charge in [-0.3, -0.25) is 0 Å². The second-order valence-corrected chi connectivity index (χ2v) is 6.36. The second-order valence-electron chi connectivity index (χ2n) is 6.36. The highest BCUT2D eigenvalue weighted by Gasteiger charge is 2.24. The number of carbonyl (C=O) groups is 1. The average molecular weight is 325 g/mol. The molecule has 0 saturated heterocycles. The van der Waals surface area contributed by atoms with Crippen LogP contribution in [0.25, 0.3) is 5.57 Å². The van der Waals surface area contributed by atoms with Gasteiger partial charge in [-0.25, -0.2) is 9.36 Å². The predicted octanol–water partition coefficient (Wildman–Crippen LogP) is 3.67. The van der Waals surface area contributed by atoms with Gasteiger partial charge in [0.2, 0.25) is 0 Å². The van der Waals surface area contributed by atoms with Crippen molar-refractivity contribution < 1.29 is 14.1 Å². The Morgan fingerprint density at radius 2 is 1.92 bits per heavy atom. The smallest absolute Gasteiger partial charge is 0.408 e. The third-order valence-electron chi connectivity index (χ3n) is 3.85. The summed E-state index contributed by atoms with van der Waals surface area (Å²) < 4.78 is 7.26. The lowest BCUT2D eigenvalue weighted by molar-refractivity contribution is -0.697. The fourth-order valence-electron chi connectivity index (χ4n) is 2.36. The van der Waals surface area contributed by atoms with E-state index in [1.54, 1.807) is 0 Å². The minimum absolute atomic E-state index is 0.322. The van der Waals surface area contributed by atoms with Crippen LogP contribution in [0.15, 0.2) is 61.4 Å². The highest BCUT2D eigenvalue weighted by molar-refractivity contribution is 5.69. The Hall–Kier alpha value is -2.62. The first kappa shape index (κ1) is 17.7. The fraction of sp³-hybridized carbons (Fsp3) is 0.300. The highest BCUT2D eigenvalue weighted by Crippen LogP contribution is 2.23. The van der Waals surface area contributed by atoms with Crippen molar-refractivity contribution in [2.24, 2.45) is 0 Å². The molecule has 0 bridgehead atoms. The summed E-state index contributed by atoms with van der Waals surface area (Å²) in [7, 11) is 0. The van der Waals surface area contributed by atoms with Crippen LogP contribution in [-0.2, 0) is 16.8 Å². The third-order valence-corrected chi connectivity index (χ3v) is 3.85. The molecule has 2 aromatic rings. The molecule has 0 fully saturated rings. The minimum atomic E-state index is -0.525. The number of aromatic nitrogens is 1. The van der Waals surface area contributed by atoms with E-state index in [0.717, 1.165) is 16.7 Å². The lowest BCUT2D eigenvalue weighted by Crippen LogP contribution is -2.43. The number of nitrogens with one attached hydrogen (secondary N) is 1. The van der Waals surface area contributed by atoms with Crippen molar-refractivity contribution in [2.45, 2.75) is 32.9 Å². The third kappa shape index (κ3) is 4.95. The molecule has 1 aromatic heterocycles. The summed E-state index contributed by atoms with van der Waals surface area (Å²) >= 11 is 0. The standard InChI is InChI=1S/C20H24N2O2/c1-16(2)17-9-8-10-18(15-17)20(3,4)21-19(23)24-14-13-22-11-6-5-7-12-22/h5-12,15H,1,13-14H2,2-4H3/p+1. The molecule has 1 heterocycles. The van der Waals surface area contributed by atoms with E-state index in [-0.39, 0.29) is 0 Å². The van der Waals surface area contributed by atoms with Crippen molar-refractivity contribution in [1.82, 2.24) is 5.32 Å². The summed E-state index contributed by atoms with van der Waals surface area (Å²) in [4.78, 5) is 12.1. The van der Waals surface area contributed by atoms with E-state index in [1.165, 1.54) is 0 Å². The van der Waals surface area contributed by atoms with E-state index in [0.29, 0.717) is 13.2 Å². The Bertz CT molecular complexity index is 709. The molecule has 0 unspecified atom stereocenters. The molecule has 1 N–H and O–H groups in total. The van der Waals surface area contributed by atoms with Crippen LogP contribution in [0.3, 0.4) is 0 Å². The average Bonchev–Trinajstić information content (AvgIpc) is 2.55. The molecule has 4 nitrogen and oxygen atoms in total. The summed E-state index contributed by atoms with van der Waals surface area (Å²) in [5, 5.41) is 2.92. The van der Waals surface area contributed by atoms with Crippen molar-refractivity contribution in [1.29, 1.82) is 0 Å². The molecule has 0 aliphatic rings. The quantitative estimate of drug-likeness (QED) is 0.824. The Morgan fingerprint density at radius 3 is 2.58 bits per heavy atom. The summed E-state index contributed by atoms with van der Waals surface area (Å²) in [5.41, 5.74) is 2.55. The summed E-state index contributed by atoms with van der Waals surface area (Å²) in [6, 6.07) is 13.9. The number of carbonyl (C=O) groups excluding carboxylic acids is 1. The van der Waals surface area contributed by atoms with Crippen molar-refractivity contribution in [3.63, 3.8) is 0 Å². The predicted molar refractivity (Wildman–Crippen MR) is 95.3 cm³/mol. The van der Waals surface area contributed by atoms with Crippen molar-refractivity contribution in [3.05, 3.63) is 72.6 Å². The number of alkyl carbamates (subject to hydrolysis) is 1. The van der Waals surface area contributed by atoms with E-state index in [1.807, 2.05) is 80.2 Å². The van der Waals surface area contributed by atoms with Crippen LogP contribution in [0.2, 0.25) is 0 Å². The van der Waals surface area contributed by atoms with Crippen LogP contribution in [-0.4, -0.2) is 12.7 Å². The van der Waals surface area contributed by atoms with Gasteiger partial charge in [-0.05, 0) is 38.0 Å². The fourth-order valence-corrected chi connectivity index (χ4v) is 2.36. The zero-order valence-electron chi connectivity index (χ0n) is 14.6. The Morgan fingerprint density at radius 1 is 1.21 bits per heavy atom. The number of rotatable bonds is 6. The van der Waals surface area contributed by atoms with Gasteiger partial charge in [-0.1, -0.05) is 36.4 Å². The SMILES string of the molecule is C=C(C)c1cccc(C(C)(C)NC(=O)OCC[n+]2ccccc2)c1. The van der Waals surface area contributed by atoms with E-state index < -0.39 is 11.6 Å². The van der Waals surface area contributed by atoms with Gasteiger partial charge in [-0.2, -0.15) is 0 Å². The van der Waals surface area contributed by atoms with Gasteiger partial charge < -0.3 is 10.1 Å². The number of allylic oxidation sites excluding steroid dienone is 1. The number of pyridine rings is 1. The first-order valence-corrected chi connectivity index (χ1v) is 8.04. The maximum Gasteiger partial charge on any atom is 0.408 e. The number of hydrogen-bond acceptors (Lipinski definition) is 2. The topological polar surface area (TPSA) is 42.2 Å². The molecule has 0 spiro atoms. The molecule has 0 aliphatic carbocycles. The molecule has 0 radical (unpaired) electrons. The lowest BCUT2D eigenvalue weighted by Gasteiger charge is -2.27. The highest BCUT2D eigenvalue weighted by atomic mass is 16.5. The molecule has 0 saturated carbocycles. The maximum atomic E-state index is 12.1. The largest absolute Gasteiger partial charge is 0.443 e. The van der Waals surface area contributed by atoms with E-state index in [4.69, 9.17) is 4.74 Å². The molecular formula is C20H25N2O2+. The molecule has 2 rings (SSSR count). The van der Waals surface area contributed by atoms with E-state index in [9.17, 15) is 4.79 Å². The molecule has 0 atom stereocenters. The van der Waals surface area contributed by atoms with E-state index in [2.05, 4.69) is 11.9 Å². The van der Waals surface area contributed by atoms with Crippen LogP contribution < -0.4 is 9.88 Å². The molecule has 1 aromatic carbocycles.